The van der Waals surface area contributed by atoms with E-state index in [1.165, 1.54) is 6.26 Å². The van der Waals surface area contributed by atoms with Crippen LogP contribution in [0.25, 0.3) is 0 Å². The molecular weight excluding hydrogens is 92.1 g/mol. The van der Waals surface area contributed by atoms with Crippen molar-refractivity contribution in [2.24, 2.45) is 4.99 Å². The van der Waals surface area contributed by atoms with E-state index in [1.807, 2.05) is 6.92 Å². The normalized spacial score (nSPS) is 17.0. The molecule has 1 aliphatic rings. The first-order valence-electron chi connectivity index (χ1n) is 2.00. The van der Waals surface area contributed by atoms with E-state index in [2.05, 4.69) is 15.3 Å². The molecule has 0 saturated heterocycles. The summed E-state index contributed by atoms with van der Waals surface area (Å²) >= 11 is 0. The van der Waals surface area contributed by atoms with Crippen molar-refractivity contribution >= 4 is 5.84 Å². The van der Waals surface area contributed by atoms with Crippen molar-refractivity contribution in [2.45, 2.75) is 6.92 Å². The van der Waals surface area contributed by atoms with Gasteiger partial charge in [0.1, 0.15) is 12.1 Å². The molecule has 0 fully saturated rings. The Hall–Kier alpha value is -0.990. The van der Waals surface area contributed by atoms with Gasteiger partial charge in [-0.05, 0) is 6.92 Å². The van der Waals surface area contributed by atoms with Crippen molar-refractivity contribution < 1.29 is 4.84 Å². The minimum atomic E-state index is 0.780. The molecule has 1 heterocycles. The van der Waals surface area contributed by atoms with Crippen molar-refractivity contribution in [2.75, 3.05) is 0 Å². The van der Waals surface area contributed by atoms with Gasteiger partial charge in [-0.2, -0.15) is 0 Å². The SMILES string of the molecule is CC1=NC=CON1. The third-order valence-electron chi connectivity index (χ3n) is 0.604. The van der Waals surface area contributed by atoms with Crippen LogP contribution in [-0.4, -0.2) is 5.84 Å². The molecule has 0 aromatic heterocycles. The second-order valence-corrected chi connectivity index (χ2v) is 1.22. The first kappa shape index (κ1) is 4.18. The van der Waals surface area contributed by atoms with E-state index in [4.69, 9.17) is 0 Å². The summed E-state index contributed by atoms with van der Waals surface area (Å²) in [6, 6.07) is 0. The highest BCUT2D eigenvalue weighted by Gasteiger charge is 1.87. The second-order valence-electron chi connectivity index (χ2n) is 1.22. The van der Waals surface area contributed by atoms with Crippen LogP contribution < -0.4 is 5.48 Å². The summed E-state index contributed by atoms with van der Waals surface area (Å²) in [4.78, 5) is 8.45. The lowest BCUT2D eigenvalue weighted by molar-refractivity contribution is 0.188. The van der Waals surface area contributed by atoms with E-state index in [1.54, 1.807) is 6.20 Å². The molecule has 0 aromatic carbocycles. The molecule has 7 heavy (non-hydrogen) atoms. The molecule has 0 unspecified atom stereocenters. The lowest BCUT2D eigenvalue weighted by atomic mass is 10.7. The molecule has 0 saturated carbocycles. The van der Waals surface area contributed by atoms with Gasteiger partial charge in [-0.15, -0.1) is 0 Å². The van der Waals surface area contributed by atoms with Gasteiger partial charge in [0.25, 0.3) is 0 Å². The predicted molar refractivity (Wildman–Crippen MR) is 26.5 cm³/mol. The molecule has 0 atom stereocenters. The zero-order valence-electron chi connectivity index (χ0n) is 4.01. The highest BCUT2D eigenvalue weighted by molar-refractivity contribution is 5.79. The van der Waals surface area contributed by atoms with E-state index < -0.39 is 0 Å². The topological polar surface area (TPSA) is 33.6 Å². The third-order valence-corrected chi connectivity index (χ3v) is 0.604. The summed E-state index contributed by atoms with van der Waals surface area (Å²) in [6.07, 6.45) is 3.07. The zero-order valence-corrected chi connectivity index (χ0v) is 4.01. The molecular formula is C4H6N2O. The average Bonchev–Trinajstić information content (AvgIpc) is 1.69. The van der Waals surface area contributed by atoms with Crippen molar-refractivity contribution in [1.29, 1.82) is 0 Å². The largest absolute Gasteiger partial charge is 0.387 e. The van der Waals surface area contributed by atoms with E-state index in [0.29, 0.717) is 0 Å². The van der Waals surface area contributed by atoms with Crippen LogP contribution in [0.4, 0.5) is 0 Å². The molecule has 0 amide bonds. The van der Waals surface area contributed by atoms with E-state index in [0.717, 1.165) is 5.84 Å². The molecule has 0 bridgehead atoms. The van der Waals surface area contributed by atoms with Gasteiger partial charge in [-0.25, -0.2) is 10.5 Å². The molecule has 0 radical (unpaired) electrons. The van der Waals surface area contributed by atoms with Crippen molar-refractivity contribution in [3.05, 3.63) is 12.5 Å². The molecule has 0 aliphatic carbocycles. The summed E-state index contributed by atoms with van der Waals surface area (Å²) in [6.45, 7) is 1.82. The maximum atomic E-state index is 4.62. The number of nitrogens with zero attached hydrogens (tertiary/aromatic N) is 1. The quantitative estimate of drug-likeness (QED) is 0.476. The number of hydrogen-bond acceptors (Lipinski definition) is 3. The second kappa shape index (κ2) is 1.64. The Balaban J connectivity index is 2.57. The lowest BCUT2D eigenvalue weighted by Crippen LogP contribution is -2.19. The zero-order chi connectivity index (χ0) is 5.11. The standard InChI is InChI=1S/C4H6N2O/c1-4-5-2-3-7-6-4/h2-3H,1H3,(H,5,6). The van der Waals surface area contributed by atoms with Crippen LogP contribution in [0, 0.1) is 0 Å². The van der Waals surface area contributed by atoms with Crippen molar-refractivity contribution in [1.82, 2.24) is 5.48 Å². The number of hydrogen-bond donors (Lipinski definition) is 1. The first-order chi connectivity index (χ1) is 3.39. The minimum Gasteiger partial charge on any atom is -0.387 e. The van der Waals surface area contributed by atoms with Gasteiger partial charge in [0.2, 0.25) is 0 Å². The summed E-state index contributed by atoms with van der Waals surface area (Å²) < 4.78 is 0. The molecule has 3 nitrogen and oxygen atoms in total. The molecule has 3 heteroatoms. The molecule has 38 valence electrons. The van der Waals surface area contributed by atoms with E-state index in [9.17, 15) is 0 Å². The predicted octanol–water partition coefficient (Wildman–Crippen LogP) is 0.411. The summed E-state index contributed by atoms with van der Waals surface area (Å²) in [7, 11) is 0. The number of nitrogens with one attached hydrogen (secondary N) is 1. The van der Waals surface area contributed by atoms with E-state index in [-0.39, 0.29) is 0 Å². The lowest BCUT2D eigenvalue weighted by Gasteiger charge is -2.04. The number of aliphatic imine (C=N–C) groups is 1. The Bertz CT molecular complexity index is 117. The van der Waals surface area contributed by atoms with Crippen LogP contribution in [0.2, 0.25) is 0 Å². The fourth-order valence-corrected chi connectivity index (χ4v) is 0.318. The van der Waals surface area contributed by atoms with Crippen molar-refractivity contribution in [3.8, 4) is 0 Å². The van der Waals surface area contributed by atoms with Crippen molar-refractivity contribution in [3.63, 3.8) is 0 Å². The summed E-state index contributed by atoms with van der Waals surface area (Å²) in [5.41, 5.74) is 2.55. The monoisotopic (exact) mass is 98.0 g/mol. The summed E-state index contributed by atoms with van der Waals surface area (Å²) in [5.74, 6) is 0.780. The first-order valence-corrected chi connectivity index (χ1v) is 2.00. The number of hydroxylamine groups is 1. The van der Waals surface area contributed by atoms with Gasteiger partial charge in [-0.3, -0.25) is 0 Å². The van der Waals surface area contributed by atoms with Gasteiger partial charge in [-0.1, -0.05) is 0 Å². The maximum absolute atomic E-state index is 4.62. The molecule has 0 spiro atoms. The van der Waals surface area contributed by atoms with Gasteiger partial charge in [0, 0.05) is 0 Å². The number of rotatable bonds is 0. The fraction of sp³-hybridized carbons (Fsp3) is 0.250. The Kier molecular flexibility index (Phi) is 0.978. The van der Waals surface area contributed by atoms with Crippen LogP contribution in [0.15, 0.2) is 17.5 Å². The smallest absolute Gasteiger partial charge is 0.137 e. The Morgan fingerprint density at radius 2 is 2.71 bits per heavy atom. The van der Waals surface area contributed by atoms with Gasteiger partial charge in [0.15, 0.2) is 0 Å². The van der Waals surface area contributed by atoms with E-state index >= 15 is 0 Å². The molecule has 0 aromatic rings. The molecule has 1 aliphatic heterocycles. The maximum Gasteiger partial charge on any atom is 0.137 e. The van der Waals surface area contributed by atoms with Gasteiger partial charge in [0.05, 0.1) is 6.20 Å². The third kappa shape index (κ3) is 0.924. The van der Waals surface area contributed by atoms with Crippen LogP contribution in [0.3, 0.4) is 0 Å². The fourth-order valence-electron chi connectivity index (χ4n) is 0.318. The van der Waals surface area contributed by atoms with Crippen LogP contribution in [0.5, 0.6) is 0 Å². The summed E-state index contributed by atoms with van der Waals surface area (Å²) in [5, 5.41) is 0. The molecule has 1 N–H and O–H groups in total. The highest BCUT2D eigenvalue weighted by atomic mass is 16.6. The Morgan fingerprint density at radius 1 is 1.86 bits per heavy atom. The Labute approximate surface area is 41.7 Å². The van der Waals surface area contributed by atoms with Gasteiger partial charge >= 0.3 is 0 Å². The number of amidine groups is 1. The molecule has 1 rings (SSSR count). The van der Waals surface area contributed by atoms with Gasteiger partial charge < -0.3 is 4.84 Å². The minimum absolute atomic E-state index is 0.780. The van der Waals surface area contributed by atoms with Crippen LogP contribution in [0.1, 0.15) is 6.92 Å². The van der Waals surface area contributed by atoms with Crippen LogP contribution in [-0.2, 0) is 4.84 Å². The average molecular weight is 98.1 g/mol. The highest BCUT2D eigenvalue weighted by Crippen LogP contribution is 1.84. The van der Waals surface area contributed by atoms with Crippen LogP contribution >= 0.6 is 0 Å². The Morgan fingerprint density at radius 3 is 3.00 bits per heavy atom.